The van der Waals surface area contributed by atoms with Crippen molar-refractivity contribution in [2.24, 2.45) is 0 Å². The topological polar surface area (TPSA) is 63.8 Å². The van der Waals surface area contributed by atoms with Gasteiger partial charge in [-0.3, -0.25) is 4.79 Å². The van der Waals surface area contributed by atoms with Crippen LogP contribution in [0.2, 0.25) is 0 Å². The van der Waals surface area contributed by atoms with Gasteiger partial charge in [0.05, 0.1) is 5.41 Å². The molecule has 48 heavy (non-hydrogen) atoms. The minimum absolute atomic E-state index is 0.108. The molecule has 5 rings (SSSR count). The van der Waals surface area contributed by atoms with Gasteiger partial charge >= 0.3 is 5.97 Å². The Morgan fingerprint density at radius 3 is 2.33 bits per heavy atom. The second-order valence-corrected chi connectivity index (χ2v) is 15.0. The van der Waals surface area contributed by atoms with Crippen LogP contribution in [0.4, 0.5) is 11.4 Å². The van der Waals surface area contributed by atoms with Crippen molar-refractivity contribution in [3.8, 4) is 0 Å². The van der Waals surface area contributed by atoms with E-state index in [1.807, 2.05) is 0 Å². The first-order valence-corrected chi connectivity index (χ1v) is 18.4. The second-order valence-electron chi connectivity index (χ2n) is 14.6. The molecule has 0 bridgehead atoms. The lowest BCUT2D eigenvalue weighted by atomic mass is 9.81. The molecular weight excluding hydrogens is 616 g/mol. The van der Waals surface area contributed by atoms with Crippen LogP contribution in [0.5, 0.6) is 0 Å². The van der Waals surface area contributed by atoms with E-state index in [1.165, 1.54) is 45.1 Å². The summed E-state index contributed by atoms with van der Waals surface area (Å²) in [7, 11) is 0. The molecule has 2 aromatic carbocycles. The van der Waals surface area contributed by atoms with Crippen molar-refractivity contribution in [2.75, 3.05) is 24.6 Å². The molecule has 0 radical (unpaired) electrons. The number of aliphatic hydroxyl groups is 1. The normalized spacial score (nSPS) is 20.0. The molecule has 0 saturated heterocycles. The van der Waals surface area contributed by atoms with Crippen LogP contribution >= 0.6 is 11.6 Å². The van der Waals surface area contributed by atoms with Gasteiger partial charge in [-0.15, -0.1) is 0 Å². The molecule has 256 valence electrons. The number of carboxylic acid groups (broad SMARTS) is 1. The van der Waals surface area contributed by atoms with E-state index in [-0.39, 0.29) is 23.9 Å². The maximum absolute atomic E-state index is 11.0. The standard InChI is InChI=1S/C42H53ClN2O3/c1-41(2)33-19-9-11-21-35(33)44(28-13-5-6-15-30-46)37(41)26-24-31-17-16-18-32(40(31)43)25-27-38-42(3,4)34-20-10-12-22-36(34)45(38)29-14-7-8-23-39(47)48/h9-12,19-22,24-27,46H,5-8,13-18,23,28-30H2,1-4H3/p+1. The third-order valence-electron chi connectivity index (χ3n) is 10.5. The van der Waals surface area contributed by atoms with E-state index in [1.54, 1.807) is 0 Å². The summed E-state index contributed by atoms with van der Waals surface area (Å²) in [6.45, 7) is 11.3. The van der Waals surface area contributed by atoms with Crippen molar-refractivity contribution < 1.29 is 19.6 Å². The lowest BCUT2D eigenvalue weighted by Crippen LogP contribution is -2.28. The number of rotatable bonds is 15. The van der Waals surface area contributed by atoms with E-state index in [9.17, 15) is 9.90 Å². The SMILES string of the molecule is CC1(C)C(/C=C/C2=C(Cl)C(=C/C=C3\N(CCCCCC(=O)O)c4ccccc4C3(C)C)/CCC2)=[N+](CCCCCCO)c2ccccc21. The van der Waals surface area contributed by atoms with Gasteiger partial charge in [-0.05, 0) is 87.6 Å². The fraction of sp³-hybridized carbons (Fsp3) is 0.476. The second kappa shape index (κ2) is 15.9. The van der Waals surface area contributed by atoms with Gasteiger partial charge in [-0.2, -0.15) is 4.58 Å². The predicted octanol–water partition coefficient (Wildman–Crippen LogP) is 10.1. The van der Waals surface area contributed by atoms with Gasteiger partial charge in [0.15, 0.2) is 5.71 Å². The van der Waals surface area contributed by atoms with Crippen molar-refractivity contribution >= 4 is 34.7 Å². The summed E-state index contributed by atoms with van der Waals surface area (Å²) in [6, 6.07) is 17.4. The molecule has 0 aromatic heterocycles. The quantitative estimate of drug-likeness (QED) is 0.146. The highest BCUT2D eigenvalue weighted by Crippen LogP contribution is 2.48. The smallest absolute Gasteiger partial charge is 0.303 e. The Bertz CT molecular complexity index is 1640. The molecule has 0 saturated carbocycles. The van der Waals surface area contributed by atoms with Crippen LogP contribution in [-0.4, -0.2) is 46.2 Å². The molecule has 2 aliphatic heterocycles. The van der Waals surface area contributed by atoms with E-state index in [0.717, 1.165) is 75.9 Å². The van der Waals surface area contributed by atoms with E-state index in [0.29, 0.717) is 6.42 Å². The molecule has 3 aliphatic rings. The number of aliphatic carboxylic acids is 1. The number of hydrogen-bond donors (Lipinski definition) is 2. The summed E-state index contributed by atoms with van der Waals surface area (Å²) in [5.41, 5.74) is 9.92. The first kappa shape index (κ1) is 35.9. The minimum atomic E-state index is -0.722. The van der Waals surface area contributed by atoms with Crippen LogP contribution in [-0.2, 0) is 15.6 Å². The van der Waals surface area contributed by atoms with Crippen molar-refractivity contribution in [2.45, 2.75) is 109 Å². The van der Waals surface area contributed by atoms with Gasteiger partial charge < -0.3 is 15.1 Å². The highest BCUT2D eigenvalue weighted by atomic mass is 35.5. The third-order valence-corrected chi connectivity index (χ3v) is 11.0. The number of carboxylic acids is 1. The zero-order valence-corrected chi connectivity index (χ0v) is 30.2. The highest BCUT2D eigenvalue weighted by molar-refractivity contribution is 6.32. The Balaban J connectivity index is 1.41. The fourth-order valence-electron chi connectivity index (χ4n) is 7.79. The number of carbonyl (C=O) groups is 1. The van der Waals surface area contributed by atoms with Gasteiger partial charge in [0.2, 0.25) is 5.69 Å². The number of unbranched alkanes of at least 4 members (excludes halogenated alkanes) is 5. The lowest BCUT2D eigenvalue weighted by molar-refractivity contribution is -0.438. The monoisotopic (exact) mass is 669 g/mol. The van der Waals surface area contributed by atoms with Crippen LogP contribution in [0.25, 0.3) is 0 Å². The van der Waals surface area contributed by atoms with Gasteiger partial charge in [0.1, 0.15) is 6.54 Å². The summed E-state index contributed by atoms with van der Waals surface area (Å²) in [5, 5.41) is 19.1. The van der Waals surface area contributed by atoms with Gasteiger partial charge in [0.25, 0.3) is 0 Å². The summed E-state index contributed by atoms with van der Waals surface area (Å²) in [4.78, 5) is 13.4. The Hall–Kier alpha value is -3.41. The molecule has 0 atom stereocenters. The molecule has 0 unspecified atom stereocenters. The number of aliphatic hydroxyl groups excluding tert-OH is 1. The van der Waals surface area contributed by atoms with Crippen LogP contribution in [0.1, 0.15) is 109 Å². The number of hydrogen-bond acceptors (Lipinski definition) is 3. The molecule has 0 spiro atoms. The predicted molar refractivity (Wildman–Crippen MR) is 200 cm³/mol. The minimum Gasteiger partial charge on any atom is -0.481 e. The molecule has 5 nitrogen and oxygen atoms in total. The first-order valence-electron chi connectivity index (χ1n) is 18.0. The van der Waals surface area contributed by atoms with Gasteiger partial charge in [-0.25, -0.2) is 0 Å². The average Bonchev–Trinajstić information content (AvgIpc) is 3.41. The Labute approximate surface area is 293 Å². The molecule has 0 amide bonds. The van der Waals surface area contributed by atoms with Gasteiger partial charge in [0, 0.05) is 65.5 Å². The number of fused-ring (bicyclic) bond motifs is 2. The van der Waals surface area contributed by atoms with E-state index >= 15 is 0 Å². The number of anilines is 1. The third kappa shape index (κ3) is 7.74. The highest BCUT2D eigenvalue weighted by Gasteiger charge is 2.44. The van der Waals surface area contributed by atoms with Crippen LogP contribution < -0.4 is 4.90 Å². The van der Waals surface area contributed by atoms with Crippen LogP contribution in [0.3, 0.4) is 0 Å². The van der Waals surface area contributed by atoms with E-state index in [2.05, 4.69) is 110 Å². The number of para-hydroxylation sites is 2. The molecule has 2 aromatic rings. The van der Waals surface area contributed by atoms with Crippen LogP contribution in [0, 0.1) is 0 Å². The molecule has 6 heteroatoms. The Morgan fingerprint density at radius 2 is 1.56 bits per heavy atom. The number of benzene rings is 2. The number of nitrogens with zero attached hydrogens (tertiary/aromatic N) is 2. The van der Waals surface area contributed by atoms with Crippen molar-refractivity contribution in [3.05, 3.63) is 106 Å². The Kier molecular flexibility index (Phi) is 11.9. The summed E-state index contributed by atoms with van der Waals surface area (Å²) in [6.07, 6.45) is 19.0. The molecule has 1 aliphatic carbocycles. The summed E-state index contributed by atoms with van der Waals surface area (Å²) in [5.74, 6) is -0.722. The largest absolute Gasteiger partial charge is 0.481 e. The number of halogens is 1. The fourth-order valence-corrected chi connectivity index (χ4v) is 8.10. The van der Waals surface area contributed by atoms with Gasteiger partial charge in [-0.1, -0.05) is 86.8 Å². The van der Waals surface area contributed by atoms with Crippen LogP contribution in [0.15, 0.2) is 94.7 Å². The molecule has 0 fully saturated rings. The number of allylic oxidation sites excluding steroid dienone is 8. The van der Waals surface area contributed by atoms with Crippen molar-refractivity contribution in [1.82, 2.24) is 0 Å². The van der Waals surface area contributed by atoms with Crippen molar-refractivity contribution in [1.29, 1.82) is 0 Å². The zero-order valence-electron chi connectivity index (χ0n) is 29.4. The molecular formula is C42H54ClN2O3+. The van der Waals surface area contributed by atoms with Crippen molar-refractivity contribution in [3.63, 3.8) is 0 Å². The molecule has 2 N–H and O–H groups in total. The Morgan fingerprint density at radius 1 is 0.854 bits per heavy atom. The maximum atomic E-state index is 11.0. The first-order chi connectivity index (χ1) is 23.1. The van der Waals surface area contributed by atoms with E-state index < -0.39 is 5.97 Å². The zero-order chi connectivity index (χ0) is 34.3. The summed E-state index contributed by atoms with van der Waals surface area (Å²) >= 11 is 7.21. The average molecular weight is 670 g/mol. The molecule has 2 heterocycles. The van der Waals surface area contributed by atoms with E-state index in [4.69, 9.17) is 16.7 Å². The lowest BCUT2D eigenvalue weighted by Gasteiger charge is -2.27. The maximum Gasteiger partial charge on any atom is 0.303 e. The summed E-state index contributed by atoms with van der Waals surface area (Å²) < 4.78 is 2.50.